The molecule has 0 aliphatic carbocycles. The molecule has 1 heterocycles. The first-order valence-corrected chi connectivity index (χ1v) is 8.10. The summed E-state index contributed by atoms with van der Waals surface area (Å²) in [6.07, 6.45) is 1.04. The molecule has 2 rings (SSSR count). The maximum absolute atomic E-state index is 11.4. The smallest absolute Gasteiger partial charge is 0.175 e. The molecule has 5 nitrogen and oxygen atoms in total. The summed E-state index contributed by atoms with van der Waals surface area (Å²) in [6.45, 7) is 3.29. The van der Waals surface area contributed by atoms with Crippen LogP contribution in [0.3, 0.4) is 0 Å². The second-order valence-corrected chi connectivity index (χ2v) is 6.94. The first-order valence-electron chi connectivity index (χ1n) is 6.21. The molecule has 1 saturated heterocycles. The van der Waals surface area contributed by atoms with Crippen LogP contribution < -0.4 is 4.90 Å². The van der Waals surface area contributed by atoms with E-state index in [9.17, 15) is 13.5 Å². The molecule has 1 aromatic rings. The van der Waals surface area contributed by atoms with Gasteiger partial charge in [-0.1, -0.05) is 0 Å². The maximum Gasteiger partial charge on any atom is 0.175 e. The quantitative estimate of drug-likeness (QED) is 0.884. The molecule has 0 spiro atoms. The first kappa shape index (κ1) is 14.3. The average Bonchev–Trinajstić information content (AvgIpc) is 2.37. The fourth-order valence-corrected chi connectivity index (χ4v) is 2.89. The molecular weight excluding hydrogens is 266 g/mol. The number of morpholine rings is 1. The Kier molecular flexibility index (Phi) is 4.13. The number of ether oxygens (including phenoxy) is 1. The van der Waals surface area contributed by atoms with E-state index in [1.807, 2.05) is 6.92 Å². The SMILES string of the molecule is CC1CN(c2ccc(S(C)(=O)=O)cc2)CC(CO)O1. The number of aliphatic hydroxyl groups excluding tert-OH is 1. The van der Waals surface area contributed by atoms with Gasteiger partial charge >= 0.3 is 0 Å². The van der Waals surface area contributed by atoms with E-state index in [4.69, 9.17) is 4.74 Å². The van der Waals surface area contributed by atoms with E-state index in [-0.39, 0.29) is 18.8 Å². The summed E-state index contributed by atoms with van der Waals surface area (Å²) in [5, 5.41) is 9.19. The van der Waals surface area contributed by atoms with E-state index >= 15 is 0 Å². The van der Waals surface area contributed by atoms with Crippen LogP contribution in [0.4, 0.5) is 5.69 Å². The van der Waals surface area contributed by atoms with Crippen molar-refractivity contribution in [3.05, 3.63) is 24.3 Å². The van der Waals surface area contributed by atoms with Crippen LogP contribution in [0.5, 0.6) is 0 Å². The Morgan fingerprint density at radius 1 is 1.32 bits per heavy atom. The minimum absolute atomic E-state index is 0.0116. The zero-order chi connectivity index (χ0) is 14.0. The molecule has 0 aromatic heterocycles. The van der Waals surface area contributed by atoms with E-state index in [0.717, 1.165) is 12.2 Å². The Labute approximate surface area is 113 Å². The number of hydrogen-bond acceptors (Lipinski definition) is 5. The van der Waals surface area contributed by atoms with Gasteiger partial charge in [0.25, 0.3) is 0 Å². The largest absolute Gasteiger partial charge is 0.394 e. The van der Waals surface area contributed by atoms with Crippen molar-refractivity contribution >= 4 is 15.5 Å². The molecule has 0 saturated carbocycles. The lowest BCUT2D eigenvalue weighted by Gasteiger charge is -2.37. The van der Waals surface area contributed by atoms with Gasteiger partial charge in [0, 0.05) is 25.0 Å². The van der Waals surface area contributed by atoms with E-state index in [1.165, 1.54) is 6.26 Å². The number of benzene rings is 1. The molecule has 106 valence electrons. The first-order chi connectivity index (χ1) is 8.90. The minimum Gasteiger partial charge on any atom is -0.394 e. The second-order valence-electron chi connectivity index (χ2n) is 4.92. The number of aliphatic hydroxyl groups is 1. The highest BCUT2D eigenvalue weighted by atomic mass is 32.2. The van der Waals surface area contributed by atoms with Gasteiger partial charge in [0.2, 0.25) is 0 Å². The number of anilines is 1. The van der Waals surface area contributed by atoms with Crippen molar-refractivity contribution in [2.75, 3.05) is 30.9 Å². The Balaban J connectivity index is 2.18. The molecule has 2 unspecified atom stereocenters. The van der Waals surface area contributed by atoms with Gasteiger partial charge in [0.1, 0.15) is 0 Å². The van der Waals surface area contributed by atoms with Gasteiger partial charge in [-0.05, 0) is 31.2 Å². The highest BCUT2D eigenvalue weighted by Crippen LogP contribution is 2.22. The third-order valence-corrected chi connectivity index (χ3v) is 4.29. The van der Waals surface area contributed by atoms with E-state index in [2.05, 4.69) is 4.90 Å². The molecule has 1 aromatic carbocycles. The molecule has 0 bridgehead atoms. The monoisotopic (exact) mass is 285 g/mol. The van der Waals surface area contributed by atoms with Crippen molar-refractivity contribution in [2.24, 2.45) is 0 Å². The second kappa shape index (κ2) is 5.48. The maximum atomic E-state index is 11.4. The van der Waals surface area contributed by atoms with Gasteiger partial charge in [-0.25, -0.2) is 8.42 Å². The molecule has 1 N–H and O–H groups in total. The van der Waals surface area contributed by atoms with E-state index < -0.39 is 9.84 Å². The van der Waals surface area contributed by atoms with Gasteiger partial charge < -0.3 is 14.7 Å². The van der Waals surface area contributed by atoms with Crippen molar-refractivity contribution in [3.63, 3.8) is 0 Å². The van der Waals surface area contributed by atoms with Gasteiger partial charge in [0.05, 0.1) is 23.7 Å². The summed E-state index contributed by atoms with van der Waals surface area (Å²) in [5.41, 5.74) is 0.945. The van der Waals surface area contributed by atoms with Crippen LogP contribution in [0.1, 0.15) is 6.92 Å². The predicted molar refractivity (Wildman–Crippen MR) is 73.2 cm³/mol. The zero-order valence-electron chi connectivity index (χ0n) is 11.1. The van der Waals surface area contributed by atoms with Crippen LogP contribution in [0.25, 0.3) is 0 Å². The molecule has 0 radical (unpaired) electrons. The Bertz CT molecular complexity index is 526. The van der Waals surface area contributed by atoms with Crippen molar-refractivity contribution in [3.8, 4) is 0 Å². The van der Waals surface area contributed by atoms with Gasteiger partial charge in [-0.3, -0.25) is 0 Å². The van der Waals surface area contributed by atoms with Crippen LogP contribution in [0, 0.1) is 0 Å². The molecular formula is C13H19NO4S. The number of sulfone groups is 1. The molecule has 1 fully saturated rings. The molecule has 0 amide bonds. The third-order valence-electron chi connectivity index (χ3n) is 3.16. The highest BCUT2D eigenvalue weighted by molar-refractivity contribution is 7.90. The molecule has 6 heteroatoms. The lowest BCUT2D eigenvalue weighted by Crippen LogP contribution is -2.48. The van der Waals surface area contributed by atoms with E-state index in [1.54, 1.807) is 24.3 Å². The molecule has 2 atom stereocenters. The summed E-state index contributed by atoms with van der Waals surface area (Å²) in [5.74, 6) is 0. The van der Waals surface area contributed by atoms with Crippen LogP contribution in [0.15, 0.2) is 29.2 Å². The lowest BCUT2D eigenvalue weighted by atomic mass is 10.2. The lowest BCUT2D eigenvalue weighted by molar-refractivity contribution is -0.0421. The average molecular weight is 285 g/mol. The number of hydrogen-bond donors (Lipinski definition) is 1. The number of rotatable bonds is 3. The summed E-state index contributed by atoms with van der Waals surface area (Å²) in [7, 11) is -3.16. The summed E-state index contributed by atoms with van der Waals surface area (Å²) >= 11 is 0. The Hall–Kier alpha value is -1.11. The van der Waals surface area contributed by atoms with Gasteiger partial charge in [-0.2, -0.15) is 0 Å². The molecule has 1 aliphatic rings. The fourth-order valence-electron chi connectivity index (χ4n) is 2.26. The summed E-state index contributed by atoms with van der Waals surface area (Å²) in [6, 6.07) is 6.81. The highest BCUT2D eigenvalue weighted by Gasteiger charge is 2.24. The predicted octanol–water partition coefficient (Wildman–Crippen LogP) is 0.676. The van der Waals surface area contributed by atoms with Crippen molar-refractivity contribution in [1.82, 2.24) is 0 Å². The topological polar surface area (TPSA) is 66.8 Å². The Morgan fingerprint density at radius 3 is 2.47 bits per heavy atom. The fraction of sp³-hybridized carbons (Fsp3) is 0.538. The summed E-state index contributed by atoms with van der Waals surface area (Å²) in [4.78, 5) is 2.41. The standard InChI is InChI=1S/C13H19NO4S/c1-10-7-14(8-12(9-15)18-10)11-3-5-13(6-4-11)19(2,16)17/h3-6,10,12,15H,7-9H2,1-2H3. The van der Waals surface area contributed by atoms with Crippen molar-refractivity contribution in [2.45, 2.75) is 24.0 Å². The van der Waals surface area contributed by atoms with Crippen LogP contribution in [0.2, 0.25) is 0 Å². The normalized spacial score (nSPS) is 24.5. The van der Waals surface area contributed by atoms with Gasteiger partial charge in [0.15, 0.2) is 9.84 Å². The van der Waals surface area contributed by atoms with Gasteiger partial charge in [-0.15, -0.1) is 0 Å². The van der Waals surface area contributed by atoms with Crippen LogP contribution in [-0.2, 0) is 14.6 Å². The molecule has 1 aliphatic heterocycles. The third kappa shape index (κ3) is 3.46. The van der Waals surface area contributed by atoms with Crippen molar-refractivity contribution < 1.29 is 18.3 Å². The van der Waals surface area contributed by atoms with Crippen LogP contribution >= 0.6 is 0 Å². The molecule has 19 heavy (non-hydrogen) atoms. The zero-order valence-corrected chi connectivity index (χ0v) is 11.9. The van der Waals surface area contributed by atoms with E-state index in [0.29, 0.717) is 11.4 Å². The van der Waals surface area contributed by atoms with Crippen LogP contribution in [-0.4, -0.2) is 51.7 Å². The minimum atomic E-state index is -3.16. The Morgan fingerprint density at radius 2 is 1.95 bits per heavy atom. The number of nitrogens with zero attached hydrogens (tertiary/aromatic N) is 1. The van der Waals surface area contributed by atoms with Crippen molar-refractivity contribution in [1.29, 1.82) is 0 Å². The summed E-state index contributed by atoms with van der Waals surface area (Å²) < 4.78 is 28.4.